The first-order valence-corrected chi connectivity index (χ1v) is 11.7. The minimum absolute atomic E-state index is 0.0410. The number of piperidine rings is 1. The molecule has 186 valence electrons. The zero-order chi connectivity index (χ0) is 24.9. The van der Waals surface area contributed by atoms with Gasteiger partial charge in [-0.2, -0.15) is 18.4 Å². The fourth-order valence-corrected chi connectivity index (χ4v) is 5.02. The van der Waals surface area contributed by atoms with E-state index in [2.05, 4.69) is 5.32 Å². The Labute approximate surface area is 197 Å². The predicted octanol–water partition coefficient (Wildman–Crippen LogP) is 3.04. The first-order valence-electron chi connectivity index (χ1n) is 11.7. The number of nitriles is 1. The topological polar surface area (TPSA) is 85.7 Å². The van der Waals surface area contributed by atoms with E-state index in [0.29, 0.717) is 45.0 Å². The Hall–Kier alpha value is -2.80. The highest BCUT2D eigenvalue weighted by Gasteiger charge is 2.43. The lowest BCUT2D eigenvalue weighted by atomic mass is 9.78. The van der Waals surface area contributed by atoms with Gasteiger partial charge >= 0.3 is 6.18 Å². The molecule has 10 heteroatoms. The van der Waals surface area contributed by atoms with E-state index in [0.717, 1.165) is 18.9 Å². The van der Waals surface area contributed by atoms with E-state index >= 15 is 0 Å². The van der Waals surface area contributed by atoms with Gasteiger partial charge in [0.2, 0.25) is 11.8 Å². The fraction of sp³-hybridized carbons (Fsp3) is 0.625. The number of halogens is 3. The average Bonchev–Trinajstić information content (AvgIpc) is 3.27. The number of anilines is 1. The van der Waals surface area contributed by atoms with Gasteiger partial charge in [0.05, 0.1) is 23.1 Å². The molecule has 2 fully saturated rings. The molecule has 0 aliphatic carbocycles. The Kier molecular flexibility index (Phi) is 8.42. The van der Waals surface area contributed by atoms with Crippen molar-refractivity contribution in [1.29, 1.82) is 5.26 Å². The minimum Gasteiger partial charge on any atom is -0.372 e. The monoisotopic (exact) mass is 480 g/mol. The van der Waals surface area contributed by atoms with Crippen molar-refractivity contribution in [2.45, 2.75) is 32.9 Å². The number of rotatable bonds is 7. The molecule has 1 aromatic carbocycles. The lowest BCUT2D eigenvalue weighted by Crippen LogP contribution is -2.44. The maximum Gasteiger partial charge on any atom is 0.417 e. The van der Waals surface area contributed by atoms with E-state index < -0.39 is 17.3 Å². The number of alkyl halides is 3. The van der Waals surface area contributed by atoms with Gasteiger partial charge in [0, 0.05) is 45.0 Å². The smallest absolute Gasteiger partial charge is 0.372 e. The predicted molar refractivity (Wildman–Crippen MR) is 120 cm³/mol. The molecule has 1 N–H and O–H groups in total. The Morgan fingerprint density at radius 1 is 1.21 bits per heavy atom. The molecule has 1 aromatic rings. The summed E-state index contributed by atoms with van der Waals surface area (Å²) in [5, 5.41) is 11.9. The maximum atomic E-state index is 13.5. The van der Waals surface area contributed by atoms with Crippen LogP contribution in [0.2, 0.25) is 0 Å². The number of amides is 2. The molecular formula is C24H31F3N4O3. The van der Waals surface area contributed by atoms with E-state index in [-0.39, 0.29) is 36.2 Å². The number of nitrogens with zero attached hydrogens (tertiary/aromatic N) is 3. The number of carbonyl (C=O) groups excluding carboxylic acids is 2. The minimum atomic E-state index is -4.64. The fourth-order valence-electron chi connectivity index (χ4n) is 5.02. The van der Waals surface area contributed by atoms with Crippen molar-refractivity contribution in [3.8, 4) is 6.07 Å². The van der Waals surface area contributed by atoms with Gasteiger partial charge in [0.25, 0.3) is 0 Å². The molecule has 0 saturated carbocycles. The molecule has 7 nitrogen and oxygen atoms in total. The molecule has 2 saturated heterocycles. The number of carbonyl (C=O) groups is 2. The number of hydrogen-bond acceptors (Lipinski definition) is 5. The first kappa shape index (κ1) is 25.8. The average molecular weight is 481 g/mol. The molecule has 34 heavy (non-hydrogen) atoms. The van der Waals surface area contributed by atoms with E-state index in [9.17, 15) is 22.8 Å². The van der Waals surface area contributed by atoms with Crippen LogP contribution in [0.25, 0.3) is 0 Å². The molecule has 3 rings (SSSR count). The summed E-state index contributed by atoms with van der Waals surface area (Å²) in [7, 11) is 0. The summed E-state index contributed by atoms with van der Waals surface area (Å²) in [5.74, 6) is -0.379. The van der Waals surface area contributed by atoms with Gasteiger partial charge in [-0.3, -0.25) is 9.59 Å². The van der Waals surface area contributed by atoms with E-state index in [1.165, 1.54) is 12.1 Å². The SMILES string of the molecule is CCNC(=O)[C@@H]1CN(c2ccc(C#N)c(C(F)(F)F)c2)C[C@H]1C1CCN(C(=O)COCC)CC1. The zero-order valence-corrected chi connectivity index (χ0v) is 19.5. The van der Waals surface area contributed by atoms with Crippen LogP contribution in [-0.4, -0.2) is 62.7 Å². The molecule has 0 spiro atoms. The van der Waals surface area contributed by atoms with Crippen LogP contribution in [0.1, 0.15) is 37.8 Å². The molecule has 2 heterocycles. The molecular weight excluding hydrogens is 449 g/mol. The normalized spacial score (nSPS) is 21.4. The van der Waals surface area contributed by atoms with Crippen molar-refractivity contribution >= 4 is 17.5 Å². The summed E-state index contributed by atoms with van der Waals surface area (Å²) in [4.78, 5) is 28.7. The highest BCUT2D eigenvalue weighted by atomic mass is 19.4. The van der Waals surface area contributed by atoms with Gasteiger partial charge < -0.3 is 19.9 Å². The van der Waals surface area contributed by atoms with Crippen molar-refractivity contribution in [2.75, 3.05) is 50.8 Å². The third-order valence-corrected chi connectivity index (χ3v) is 6.77. The Morgan fingerprint density at radius 2 is 1.91 bits per heavy atom. The van der Waals surface area contributed by atoms with Crippen LogP contribution in [0, 0.1) is 29.1 Å². The van der Waals surface area contributed by atoms with Crippen molar-refractivity contribution in [1.82, 2.24) is 10.2 Å². The maximum absolute atomic E-state index is 13.5. The number of nitrogens with one attached hydrogen (secondary N) is 1. The second-order valence-electron chi connectivity index (χ2n) is 8.76. The lowest BCUT2D eigenvalue weighted by Gasteiger charge is -2.36. The van der Waals surface area contributed by atoms with Crippen molar-refractivity contribution in [3.05, 3.63) is 29.3 Å². The van der Waals surface area contributed by atoms with Gasteiger partial charge in [-0.05, 0) is 56.7 Å². The van der Waals surface area contributed by atoms with Crippen LogP contribution in [-0.2, 0) is 20.5 Å². The second kappa shape index (κ2) is 11.1. The van der Waals surface area contributed by atoms with Gasteiger partial charge in [-0.15, -0.1) is 0 Å². The van der Waals surface area contributed by atoms with Crippen molar-refractivity contribution in [2.24, 2.45) is 17.8 Å². The van der Waals surface area contributed by atoms with Crippen LogP contribution in [0.5, 0.6) is 0 Å². The quantitative estimate of drug-likeness (QED) is 0.649. The lowest BCUT2D eigenvalue weighted by molar-refractivity contribution is -0.138. The standard InChI is InChI=1S/C24H31F3N4O3/c1-3-29-23(33)20-14-31(18-6-5-17(12-28)21(11-18)24(25,26)27)13-19(20)16-7-9-30(10-8-16)22(32)15-34-4-2/h5-6,11,16,19-20H,3-4,7-10,13-15H2,1-2H3,(H,29,33)/t19-,20+/m0/s1. The highest BCUT2D eigenvalue weighted by Crippen LogP contribution is 2.40. The molecule has 0 aromatic heterocycles. The van der Waals surface area contributed by atoms with Crippen LogP contribution in [0.15, 0.2) is 18.2 Å². The zero-order valence-electron chi connectivity index (χ0n) is 19.5. The van der Waals surface area contributed by atoms with Crippen LogP contribution in [0.3, 0.4) is 0 Å². The third kappa shape index (κ3) is 5.81. The summed E-state index contributed by atoms with van der Waals surface area (Å²) >= 11 is 0. The van der Waals surface area contributed by atoms with Crippen LogP contribution >= 0.6 is 0 Å². The number of hydrogen-bond donors (Lipinski definition) is 1. The Balaban J connectivity index is 1.77. The largest absolute Gasteiger partial charge is 0.417 e. The molecule has 2 atom stereocenters. The molecule has 0 unspecified atom stereocenters. The molecule has 0 bridgehead atoms. The molecule has 2 aliphatic rings. The van der Waals surface area contributed by atoms with Crippen LogP contribution < -0.4 is 10.2 Å². The summed E-state index contributed by atoms with van der Waals surface area (Å²) in [6, 6.07) is 5.31. The summed E-state index contributed by atoms with van der Waals surface area (Å²) in [6.07, 6.45) is -3.18. The van der Waals surface area contributed by atoms with Gasteiger partial charge in [-0.25, -0.2) is 0 Å². The summed E-state index contributed by atoms with van der Waals surface area (Å²) in [5.41, 5.74) is -1.03. The number of benzene rings is 1. The molecule has 0 radical (unpaired) electrons. The van der Waals surface area contributed by atoms with Gasteiger partial charge in [-0.1, -0.05) is 0 Å². The van der Waals surface area contributed by atoms with Crippen molar-refractivity contribution < 1.29 is 27.5 Å². The molecule has 2 amide bonds. The number of ether oxygens (including phenoxy) is 1. The summed E-state index contributed by atoms with van der Waals surface area (Å²) < 4.78 is 45.7. The van der Waals surface area contributed by atoms with Gasteiger partial charge in [0.15, 0.2) is 0 Å². The van der Waals surface area contributed by atoms with Crippen LogP contribution in [0.4, 0.5) is 18.9 Å². The van der Waals surface area contributed by atoms with Crippen molar-refractivity contribution in [3.63, 3.8) is 0 Å². The van der Waals surface area contributed by atoms with E-state index in [1.807, 2.05) is 18.7 Å². The second-order valence-corrected chi connectivity index (χ2v) is 8.76. The van der Waals surface area contributed by atoms with E-state index in [1.54, 1.807) is 11.0 Å². The van der Waals surface area contributed by atoms with Gasteiger partial charge in [0.1, 0.15) is 6.61 Å². The summed E-state index contributed by atoms with van der Waals surface area (Å²) in [6.45, 7) is 6.57. The Bertz CT molecular complexity index is 923. The third-order valence-electron chi connectivity index (χ3n) is 6.77. The Morgan fingerprint density at radius 3 is 2.50 bits per heavy atom. The highest BCUT2D eigenvalue weighted by molar-refractivity contribution is 5.80. The van der Waals surface area contributed by atoms with E-state index in [4.69, 9.17) is 10.00 Å². The molecule has 2 aliphatic heterocycles. The number of likely N-dealkylation sites (tertiary alicyclic amines) is 1. The first-order chi connectivity index (χ1) is 16.2.